The zero-order valence-electron chi connectivity index (χ0n) is 11.2. The first-order valence-electron chi connectivity index (χ1n) is 6.29. The van der Waals surface area contributed by atoms with Gasteiger partial charge in [-0.15, -0.1) is 0 Å². The fraction of sp³-hybridized carbons (Fsp3) is 0.267. The zero-order chi connectivity index (χ0) is 14.5. The van der Waals surface area contributed by atoms with Crippen molar-refractivity contribution in [2.75, 3.05) is 13.7 Å². The van der Waals surface area contributed by atoms with Gasteiger partial charge in [0.25, 0.3) is 0 Å². The molecule has 0 amide bonds. The van der Waals surface area contributed by atoms with Gasteiger partial charge in [0.2, 0.25) is 0 Å². The number of pyridine rings is 1. The van der Waals surface area contributed by atoms with E-state index in [1.807, 2.05) is 12.1 Å². The standard InChI is InChI=1S/C15H17ClN2O2/c1-20-14-5-4-11(16)7-12(14)15(19)13(8-17)10-3-2-6-18-9-10/h2-7,9,13,15,19H,8,17H2,1H3. The maximum absolute atomic E-state index is 10.6. The fourth-order valence-corrected chi connectivity index (χ4v) is 2.38. The second-order valence-electron chi connectivity index (χ2n) is 4.46. The van der Waals surface area contributed by atoms with Crippen molar-refractivity contribution < 1.29 is 9.84 Å². The smallest absolute Gasteiger partial charge is 0.124 e. The number of nitrogens with two attached hydrogens (primary N) is 1. The van der Waals surface area contributed by atoms with Gasteiger partial charge >= 0.3 is 0 Å². The number of nitrogens with zero attached hydrogens (tertiary/aromatic N) is 1. The molecule has 106 valence electrons. The minimum atomic E-state index is -0.808. The second kappa shape index (κ2) is 6.70. The highest BCUT2D eigenvalue weighted by atomic mass is 35.5. The van der Waals surface area contributed by atoms with Gasteiger partial charge in [-0.2, -0.15) is 0 Å². The van der Waals surface area contributed by atoms with E-state index in [1.165, 1.54) is 0 Å². The van der Waals surface area contributed by atoms with Crippen LogP contribution in [0.1, 0.15) is 23.1 Å². The van der Waals surface area contributed by atoms with Crippen LogP contribution in [0.4, 0.5) is 0 Å². The van der Waals surface area contributed by atoms with E-state index < -0.39 is 6.10 Å². The van der Waals surface area contributed by atoms with Crippen molar-refractivity contribution in [2.45, 2.75) is 12.0 Å². The number of hydrogen-bond donors (Lipinski definition) is 2. The zero-order valence-corrected chi connectivity index (χ0v) is 11.9. The molecular weight excluding hydrogens is 276 g/mol. The molecule has 0 saturated heterocycles. The lowest BCUT2D eigenvalue weighted by atomic mass is 9.89. The van der Waals surface area contributed by atoms with Gasteiger partial charge in [-0.25, -0.2) is 0 Å². The molecule has 0 aliphatic heterocycles. The van der Waals surface area contributed by atoms with Crippen LogP contribution in [0.15, 0.2) is 42.7 Å². The molecule has 2 atom stereocenters. The van der Waals surface area contributed by atoms with Gasteiger partial charge < -0.3 is 15.6 Å². The summed E-state index contributed by atoms with van der Waals surface area (Å²) in [4.78, 5) is 4.07. The molecule has 0 fully saturated rings. The maximum atomic E-state index is 10.6. The van der Waals surface area contributed by atoms with E-state index in [9.17, 15) is 5.11 Å². The monoisotopic (exact) mass is 292 g/mol. The average molecular weight is 293 g/mol. The summed E-state index contributed by atoms with van der Waals surface area (Å²) in [5.41, 5.74) is 7.31. The highest BCUT2D eigenvalue weighted by Crippen LogP contribution is 2.36. The van der Waals surface area contributed by atoms with Crippen LogP contribution in [0.3, 0.4) is 0 Å². The van der Waals surface area contributed by atoms with Crippen molar-refractivity contribution >= 4 is 11.6 Å². The predicted octanol–water partition coefficient (Wildman–Crippen LogP) is 2.52. The molecule has 3 N–H and O–H groups in total. The Labute approximate surface area is 123 Å². The highest BCUT2D eigenvalue weighted by Gasteiger charge is 2.24. The van der Waals surface area contributed by atoms with Crippen LogP contribution in [0, 0.1) is 0 Å². The van der Waals surface area contributed by atoms with Gasteiger partial charge in [0, 0.05) is 35.4 Å². The third-order valence-electron chi connectivity index (χ3n) is 3.26. The molecular formula is C15H17ClN2O2. The van der Waals surface area contributed by atoms with Crippen molar-refractivity contribution in [3.05, 3.63) is 58.9 Å². The minimum absolute atomic E-state index is 0.268. The molecule has 2 rings (SSSR count). The Morgan fingerprint density at radius 2 is 2.20 bits per heavy atom. The average Bonchev–Trinajstić information content (AvgIpc) is 2.49. The van der Waals surface area contributed by atoms with E-state index in [-0.39, 0.29) is 5.92 Å². The largest absolute Gasteiger partial charge is 0.496 e. The molecule has 1 heterocycles. The van der Waals surface area contributed by atoms with E-state index in [1.54, 1.807) is 37.7 Å². The quantitative estimate of drug-likeness (QED) is 0.888. The SMILES string of the molecule is COc1ccc(Cl)cc1C(O)C(CN)c1cccnc1. The molecule has 0 spiro atoms. The molecule has 4 nitrogen and oxygen atoms in total. The number of methoxy groups -OCH3 is 1. The summed E-state index contributed by atoms with van der Waals surface area (Å²) in [5.74, 6) is 0.320. The Morgan fingerprint density at radius 1 is 1.40 bits per heavy atom. The molecule has 2 aromatic rings. The summed E-state index contributed by atoms with van der Waals surface area (Å²) in [6.45, 7) is 0.294. The van der Waals surface area contributed by atoms with Crippen molar-refractivity contribution in [1.29, 1.82) is 0 Å². The fourth-order valence-electron chi connectivity index (χ4n) is 2.20. The van der Waals surface area contributed by atoms with E-state index in [0.29, 0.717) is 22.9 Å². The summed E-state index contributed by atoms with van der Waals surface area (Å²) in [6.07, 6.45) is 2.58. The van der Waals surface area contributed by atoms with Gasteiger partial charge in [0.05, 0.1) is 13.2 Å². The van der Waals surface area contributed by atoms with Crippen molar-refractivity contribution in [3.8, 4) is 5.75 Å². The van der Waals surface area contributed by atoms with Crippen LogP contribution in [0.2, 0.25) is 5.02 Å². The van der Waals surface area contributed by atoms with Crippen LogP contribution in [-0.4, -0.2) is 23.7 Å². The second-order valence-corrected chi connectivity index (χ2v) is 4.90. The number of halogens is 1. The van der Waals surface area contributed by atoms with Crippen molar-refractivity contribution in [2.24, 2.45) is 5.73 Å². The number of aromatic nitrogens is 1. The summed E-state index contributed by atoms with van der Waals surface area (Å²) >= 11 is 6.00. The molecule has 0 aliphatic rings. The van der Waals surface area contributed by atoms with E-state index in [4.69, 9.17) is 22.1 Å². The third-order valence-corrected chi connectivity index (χ3v) is 3.49. The highest BCUT2D eigenvalue weighted by molar-refractivity contribution is 6.30. The lowest BCUT2D eigenvalue weighted by Gasteiger charge is -2.23. The maximum Gasteiger partial charge on any atom is 0.124 e. The van der Waals surface area contributed by atoms with Crippen molar-refractivity contribution in [1.82, 2.24) is 4.98 Å². The number of aliphatic hydroxyl groups excluding tert-OH is 1. The molecule has 2 unspecified atom stereocenters. The topological polar surface area (TPSA) is 68.4 Å². The molecule has 20 heavy (non-hydrogen) atoms. The molecule has 5 heteroatoms. The molecule has 0 bridgehead atoms. The van der Waals surface area contributed by atoms with Gasteiger partial charge in [0.15, 0.2) is 0 Å². The molecule has 0 radical (unpaired) electrons. The summed E-state index contributed by atoms with van der Waals surface area (Å²) in [5, 5.41) is 11.2. The Balaban J connectivity index is 2.38. The molecule has 1 aromatic carbocycles. The number of benzene rings is 1. The lowest BCUT2D eigenvalue weighted by Crippen LogP contribution is -2.20. The van der Waals surface area contributed by atoms with Gasteiger partial charge in [-0.1, -0.05) is 17.7 Å². The normalized spacial score (nSPS) is 13.8. The van der Waals surface area contributed by atoms with Gasteiger partial charge in [-0.3, -0.25) is 4.98 Å². The molecule has 0 aliphatic carbocycles. The van der Waals surface area contributed by atoms with Crippen LogP contribution in [0.5, 0.6) is 5.75 Å². The van der Waals surface area contributed by atoms with Crippen LogP contribution < -0.4 is 10.5 Å². The van der Waals surface area contributed by atoms with Gasteiger partial charge in [-0.05, 0) is 29.8 Å². The summed E-state index contributed by atoms with van der Waals surface area (Å²) in [7, 11) is 1.56. The molecule has 0 saturated carbocycles. The van der Waals surface area contributed by atoms with Gasteiger partial charge in [0.1, 0.15) is 5.75 Å². The predicted molar refractivity (Wildman–Crippen MR) is 79.0 cm³/mol. The van der Waals surface area contributed by atoms with E-state index >= 15 is 0 Å². The Bertz CT molecular complexity index is 563. The number of aliphatic hydroxyl groups is 1. The summed E-state index contributed by atoms with van der Waals surface area (Å²) < 4.78 is 5.28. The van der Waals surface area contributed by atoms with Crippen LogP contribution >= 0.6 is 11.6 Å². The third kappa shape index (κ3) is 3.10. The Kier molecular flexibility index (Phi) is 4.95. The summed E-state index contributed by atoms with van der Waals surface area (Å²) in [6, 6.07) is 8.87. The lowest BCUT2D eigenvalue weighted by molar-refractivity contribution is 0.143. The van der Waals surface area contributed by atoms with E-state index in [2.05, 4.69) is 4.98 Å². The molecule has 1 aromatic heterocycles. The number of hydrogen-bond acceptors (Lipinski definition) is 4. The minimum Gasteiger partial charge on any atom is -0.496 e. The Hall–Kier alpha value is -1.62. The first-order chi connectivity index (χ1) is 9.67. The van der Waals surface area contributed by atoms with E-state index in [0.717, 1.165) is 5.56 Å². The van der Waals surface area contributed by atoms with Crippen LogP contribution in [0.25, 0.3) is 0 Å². The first kappa shape index (κ1) is 14.8. The first-order valence-corrected chi connectivity index (χ1v) is 6.66. The van der Waals surface area contributed by atoms with Crippen molar-refractivity contribution in [3.63, 3.8) is 0 Å². The number of ether oxygens (including phenoxy) is 1. The number of rotatable bonds is 5. The van der Waals surface area contributed by atoms with Crippen LogP contribution in [-0.2, 0) is 0 Å². The Morgan fingerprint density at radius 3 is 2.80 bits per heavy atom.